The molecule has 2 fully saturated rings. The number of esters is 1. The summed E-state index contributed by atoms with van der Waals surface area (Å²) in [7, 11) is 1.48. The number of methoxy groups -OCH3 is 1. The Balaban J connectivity index is 1.62. The zero-order chi connectivity index (χ0) is 10.7. The fourth-order valence-electron chi connectivity index (χ4n) is 2.05. The summed E-state index contributed by atoms with van der Waals surface area (Å²) in [4.78, 5) is 11.4. The van der Waals surface area contributed by atoms with E-state index in [1.54, 1.807) is 0 Å². The van der Waals surface area contributed by atoms with E-state index in [4.69, 9.17) is 4.74 Å². The Morgan fingerprint density at radius 2 is 2.13 bits per heavy atom. The molecule has 1 atom stereocenters. The van der Waals surface area contributed by atoms with Gasteiger partial charge in [0.15, 0.2) is 0 Å². The SMILES string of the molecule is COC(=O)C(NCCCC1CC1)C1CC1. The Labute approximate surface area is 91.6 Å². The Kier molecular flexibility index (Phi) is 3.62. The van der Waals surface area contributed by atoms with Crippen molar-refractivity contribution in [2.75, 3.05) is 13.7 Å². The maximum atomic E-state index is 11.4. The number of rotatable bonds is 7. The fourth-order valence-corrected chi connectivity index (χ4v) is 2.05. The zero-order valence-electron chi connectivity index (χ0n) is 9.50. The molecule has 0 radical (unpaired) electrons. The molecule has 3 heteroatoms. The first-order valence-corrected chi connectivity index (χ1v) is 6.12. The Morgan fingerprint density at radius 1 is 1.40 bits per heavy atom. The molecule has 0 aromatic carbocycles. The van der Waals surface area contributed by atoms with Gasteiger partial charge in [-0.05, 0) is 44.1 Å². The smallest absolute Gasteiger partial charge is 0.323 e. The van der Waals surface area contributed by atoms with Gasteiger partial charge in [0.2, 0.25) is 0 Å². The molecule has 0 aliphatic heterocycles. The van der Waals surface area contributed by atoms with Crippen LogP contribution in [0.4, 0.5) is 0 Å². The standard InChI is InChI=1S/C12H21NO2/c1-15-12(14)11(10-6-7-10)13-8-2-3-9-4-5-9/h9-11,13H,2-8H2,1H3. The third-order valence-electron chi connectivity index (χ3n) is 3.40. The highest BCUT2D eigenvalue weighted by Gasteiger charge is 2.36. The molecule has 0 saturated heterocycles. The summed E-state index contributed by atoms with van der Waals surface area (Å²) in [6, 6.07) is -0.0331. The van der Waals surface area contributed by atoms with E-state index in [0.29, 0.717) is 5.92 Å². The molecule has 86 valence electrons. The summed E-state index contributed by atoms with van der Waals surface area (Å²) in [5.74, 6) is 1.45. The maximum absolute atomic E-state index is 11.4. The highest BCUT2D eigenvalue weighted by molar-refractivity contribution is 5.76. The number of ether oxygens (including phenoxy) is 1. The average molecular weight is 211 g/mol. The minimum atomic E-state index is -0.0797. The first-order chi connectivity index (χ1) is 7.31. The second-order valence-electron chi connectivity index (χ2n) is 4.88. The third kappa shape index (κ3) is 3.49. The fraction of sp³-hybridized carbons (Fsp3) is 0.917. The largest absolute Gasteiger partial charge is 0.468 e. The van der Waals surface area contributed by atoms with E-state index >= 15 is 0 Å². The number of carbonyl (C=O) groups excluding carboxylic acids is 1. The molecular formula is C12H21NO2. The van der Waals surface area contributed by atoms with Gasteiger partial charge in [-0.1, -0.05) is 12.8 Å². The molecule has 2 rings (SSSR count). The normalized spacial score (nSPS) is 22.5. The van der Waals surface area contributed by atoms with Crippen LogP contribution in [0.2, 0.25) is 0 Å². The molecule has 0 aromatic rings. The monoisotopic (exact) mass is 211 g/mol. The lowest BCUT2D eigenvalue weighted by Crippen LogP contribution is -2.39. The quantitative estimate of drug-likeness (QED) is 0.514. The van der Waals surface area contributed by atoms with Crippen molar-refractivity contribution in [1.82, 2.24) is 5.32 Å². The summed E-state index contributed by atoms with van der Waals surface area (Å²) in [6.07, 6.45) is 7.72. The molecule has 2 aliphatic rings. The second kappa shape index (κ2) is 4.97. The molecule has 0 aromatic heterocycles. The summed E-state index contributed by atoms with van der Waals surface area (Å²) in [6.45, 7) is 0.965. The van der Waals surface area contributed by atoms with Crippen LogP contribution in [0.5, 0.6) is 0 Å². The Morgan fingerprint density at radius 3 is 2.67 bits per heavy atom. The van der Waals surface area contributed by atoms with Crippen molar-refractivity contribution in [3.05, 3.63) is 0 Å². The van der Waals surface area contributed by atoms with E-state index in [1.807, 2.05) is 0 Å². The lowest BCUT2D eigenvalue weighted by molar-refractivity contribution is -0.143. The van der Waals surface area contributed by atoms with E-state index in [0.717, 1.165) is 12.5 Å². The van der Waals surface area contributed by atoms with Crippen molar-refractivity contribution in [2.45, 2.75) is 44.6 Å². The van der Waals surface area contributed by atoms with Crippen molar-refractivity contribution in [3.63, 3.8) is 0 Å². The van der Waals surface area contributed by atoms with Crippen LogP contribution in [0.15, 0.2) is 0 Å². The van der Waals surface area contributed by atoms with Crippen LogP contribution >= 0.6 is 0 Å². The van der Waals surface area contributed by atoms with Crippen LogP contribution in [0.3, 0.4) is 0 Å². The molecular weight excluding hydrogens is 190 g/mol. The molecule has 0 amide bonds. The van der Waals surface area contributed by atoms with Gasteiger partial charge in [-0.3, -0.25) is 4.79 Å². The van der Waals surface area contributed by atoms with Crippen LogP contribution in [-0.2, 0) is 9.53 Å². The van der Waals surface area contributed by atoms with E-state index in [-0.39, 0.29) is 12.0 Å². The average Bonchev–Trinajstić information content (AvgIpc) is 3.09. The molecule has 0 heterocycles. The first kappa shape index (κ1) is 10.9. The molecule has 15 heavy (non-hydrogen) atoms. The van der Waals surface area contributed by atoms with E-state index in [1.165, 1.54) is 45.6 Å². The predicted molar refractivity (Wildman–Crippen MR) is 58.5 cm³/mol. The highest BCUT2D eigenvalue weighted by Crippen LogP contribution is 2.34. The molecule has 3 nitrogen and oxygen atoms in total. The van der Waals surface area contributed by atoms with Gasteiger partial charge in [0, 0.05) is 0 Å². The lowest BCUT2D eigenvalue weighted by Gasteiger charge is -2.15. The van der Waals surface area contributed by atoms with Crippen LogP contribution in [0.1, 0.15) is 38.5 Å². The first-order valence-electron chi connectivity index (χ1n) is 6.12. The van der Waals surface area contributed by atoms with Crippen molar-refractivity contribution in [3.8, 4) is 0 Å². The van der Waals surface area contributed by atoms with Crippen molar-refractivity contribution >= 4 is 5.97 Å². The minimum absolute atomic E-state index is 0.0331. The van der Waals surface area contributed by atoms with Crippen LogP contribution in [0.25, 0.3) is 0 Å². The van der Waals surface area contributed by atoms with E-state index in [9.17, 15) is 4.79 Å². The molecule has 0 bridgehead atoms. The Hall–Kier alpha value is -0.570. The number of hydrogen-bond acceptors (Lipinski definition) is 3. The van der Waals surface area contributed by atoms with Crippen LogP contribution in [-0.4, -0.2) is 25.7 Å². The van der Waals surface area contributed by atoms with E-state index in [2.05, 4.69) is 5.32 Å². The van der Waals surface area contributed by atoms with Crippen LogP contribution in [0, 0.1) is 11.8 Å². The highest BCUT2D eigenvalue weighted by atomic mass is 16.5. The van der Waals surface area contributed by atoms with Crippen molar-refractivity contribution in [1.29, 1.82) is 0 Å². The van der Waals surface area contributed by atoms with Gasteiger partial charge < -0.3 is 10.1 Å². The summed E-state index contributed by atoms with van der Waals surface area (Å²) >= 11 is 0. The molecule has 2 aliphatic carbocycles. The number of nitrogens with one attached hydrogen (secondary N) is 1. The molecule has 1 N–H and O–H groups in total. The van der Waals surface area contributed by atoms with Gasteiger partial charge in [-0.25, -0.2) is 0 Å². The third-order valence-corrected chi connectivity index (χ3v) is 3.40. The number of carbonyl (C=O) groups is 1. The summed E-state index contributed by atoms with van der Waals surface area (Å²) in [5, 5.41) is 3.34. The second-order valence-corrected chi connectivity index (χ2v) is 4.88. The van der Waals surface area contributed by atoms with E-state index < -0.39 is 0 Å². The van der Waals surface area contributed by atoms with Gasteiger partial charge in [0.05, 0.1) is 7.11 Å². The number of hydrogen-bond donors (Lipinski definition) is 1. The van der Waals surface area contributed by atoms with Gasteiger partial charge in [0.1, 0.15) is 6.04 Å². The maximum Gasteiger partial charge on any atom is 0.323 e. The molecule has 0 spiro atoms. The van der Waals surface area contributed by atoms with Gasteiger partial charge in [0.25, 0.3) is 0 Å². The lowest BCUT2D eigenvalue weighted by atomic mass is 10.1. The Bertz CT molecular complexity index is 222. The van der Waals surface area contributed by atoms with Crippen molar-refractivity contribution in [2.24, 2.45) is 11.8 Å². The van der Waals surface area contributed by atoms with Gasteiger partial charge >= 0.3 is 5.97 Å². The van der Waals surface area contributed by atoms with Gasteiger partial charge in [-0.15, -0.1) is 0 Å². The van der Waals surface area contributed by atoms with Crippen LogP contribution < -0.4 is 5.32 Å². The summed E-state index contributed by atoms with van der Waals surface area (Å²) in [5.41, 5.74) is 0. The van der Waals surface area contributed by atoms with Gasteiger partial charge in [-0.2, -0.15) is 0 Å². The molecule has 2 saturated carbocycles. The zero-order valence-corrected chi connectivity index (χ0v) is 9.50. The van der Waals surface area contributed by atoms with Crippen molar-refractivity contribution < 1.29 is 9.53 Å². The minimum Gasteiger partial charge on any atom is -0.468 e. The predicted octanol–water partition coefficient (Wildman–Crippen LogP) is 1.72. The topological polar surface area (TPSA) is 38.3 Å². The summed E-state index contributed by atoms with van der Waals surface area (Å²) < 4.78 is 4.80. The molecule has 1 unspecified atom stereocenters.